The molecule has 4 rings (SSSR count). The molecule has 1 amide bonds. The van der Waals surface area contributed by atoms with Crippen LogP contribution in [-0.2, 0) is 17.8 Å². The lowest BCUT2D eigenvalue weighted by Crippen LogP contribution is -2.33. The SMILES string of the molecule is Cc1cccc(OCC(=O)N(C)CCc2nc3ccccc3n2CC2CC2)c1C. The number of carbonyl (C=O) groups is 1. The largest absolute Gasteiger partial charge is 0.483 e. The van der Waals surface area contributed by atoms with Crippen molar-refractivity contribution < 1.29 is 9.53 Å². The Morgan fingerprint density at radius 1 is 1.17 bits per heavy atom. The summed E-state index contributed by atoms with van der Waals surface area (Å²) < 4.78 is 8.12. The quantitative estimate of drug-likeness (QED) is 0.580. The van der Waals surface area contributed by atoms with Gasteiger partial charge in [0.15, 0.2) is 6.61 Å². The fourth-order valence-electron chi connectivity index (χ4n) is 3.60. The van der Waals surface area contributed by atoms with Crippen LogP contribution in [0.25, 0.3) is 11.0 Å². The number of para-hydroxylation sites is 2. The average Bonchev–Trinajstić information content (AvgIpc) is 3.48. The Morgan fingerprint density at radius 2 is 1.97 bits per heavy atom. The van der Waals surface area contributed by atoms with Gasteiger partial charge in [-0.1, -0.05) is 24.3 Å². The van der Waals surface area contributed by atoms with E-state index in [4.69, 9.17) is 9.72 Å². The number of hydrogen-bond donors (Lipinski definition) is 0. The lowest BCUT2D eigenvalue weighted by molar-refractivity contribution is -0.132. The molecule has 1 aromatic heterocycles. The van der Waals surface area contributed by atoms with E-state index in [0.717, 1.165) is 47.1 Å². The minimum Gasteiger partial charge on any atom is -0.483 e. The molecular formula is C24H29N3O2. The van der Waals surface area contributed by atoms with Gasteiger partial charge in [-0.15, -0.1) is 0 Å². The van der Waals surface area contributed by atoms with Gasteiger partial charge in [-0.25, -0.2) is 4.98 Å². The number of amides is 1. The van der Waals surface area contributed by atoms with Crippen molar-refractivity contribution in [2.45, 2.75) is 39.7 Å². The number of carbonyl (C=O) groups excluding carboxylic acids is 1. The van der Waals surface area contributed by atoms with E-state index in [-0.39, 0.29) is 12.5 Å². The second-order valence-corrected chi connectivity index (χ2v) is 8.12. The van der Waals surface area contributed by atoms with Crippen LogP contribution in [0.1, 0.15) is 29.8 Å². The summed E-state index contributed by atoms with van der Waals surface area (Å²) in [5, 5.41) is 0. The third kappa shape index (κ3) is 4.44. The lowest BCUT2D eigenvalue weighted by atomic mass is 10.1. The van der Waals surface area contributed by atoms with Crippen LogP contribution >= 0.6 is 0 Å². The van der Waals surface area contributed by atoms with Crippen molar-refractivity contribution in [2.75, 3.05) is 20.2 Å². The average molecular weight is 392 g/mol. The molecular weight excluding hydrogens is 362 g/mol. The molecule has 0 saturated heterocycles. The van der Waals surface area contributed by atoms with Gasteiger partial charge in [0.2, 0.25) is 0 Å². The standard InChI is InChI=1S/C24H29N3O2/c1-17-7-6-10-22(18(17)2)29-16-24(28)26(3)14-13-23-25-20-8-4-5-9-21(20)27(23)15-19-11-12-19/h4-10,19H,11-16H2,1-3H3. The highest BCUT2D eigenvalue weighted by molar-refractivity contribution is 5.78. The maximum atomic E-state index is 12.6. The van der Waals surface area contributed by atoms with Crippen molar-refractivity contribution in [2.24, 2.45) is 5.92 Å². The van der Waals surface area contributed by atoms with Gasteiger partial charge in [0, 0.05) is 26.6 Å². The molecule has 0 spiro atoms. The molecule has 1 aliphatic carbocycles. The smallest absolute Gasteiger partial charge is 0.260 e. The summed E-state index contributed by atoms with van der Waals surface area (Å²) in [6.07, 6.45) is 3.35. The molecule has 0 aliphatic heterocycles. The zero-order valence-electron chi connectivity index (χ0n) is 17.5. The number of nitrogens with zero attached hydrogens (tertiary/aromatic N) is 3. The second-order valence-electron chi connectivity index (χ2n) is 8.12. The lowest BCUT2D eigenvalue weighted by Gasteiger charge is -2.18. The maximum Gasteiger partial charge on any atom is 0.260 e. The first-order valence-electron chi connectivity index (χ1n) is 10.4. The fourth-order valence-corrected chi connectivity index (χ4v) is 3.60. The van der Waals surface area contributed by atoms with Gasteiger partial charge in [0.25, 0.3) is 5.91 Å². The van der Waals surface area contributed by atoms with Crippen LogP contribution in [0.3, 0.4) is 0 Å². The molecule has 29 heavy (non-hydrogen) atoms. The topological polar surface area (TPSA) is 47.4 Å². The van der Waals surface area contributed by atoms with E-state index in [1.807, 2.05) is 45.2 Å². The molecule has 3 aromatic rings. The highest BCUT2D eigenvalue weighted by atomic mass is 16.5. The third-order valence-electron chi connectivity index (χ3n) is 5.87. The summed E-state index contributed by atoms with van der Waals surface area (Å²) >= 11 is 0. The van der Waals surface area contributed by atoms with Crippen LogP contribution in [0, 0.1) is 19.8 Å². The highest BCUT2D eigenvalue weighted by Gasteiger charge is 2.24. The summed E-state index contributed by atoms with van der Waals surface area (Å²) in [6.45, 7) is 5.78. The molecule has 0 unspecified atom stereocenters. The maximum absolute atomic E-state index is 12.6. The Morgan fingerprint density at radius 3 is 2.76 bits per heavy atom. The molecule has 1 saturated carbocycles. The molecule has 2 aromatic carbocycles. The van der Waals surface area contributed by atoms with Crippen molar-refractivity contribution >= 4 is 16.9 Å². The summed E-state index contributed by atoms with van der Waals surface area (Å²) in [5.74, 6) is 2.60. The first kappa shape index (κ1) is 19.5. The minimum absolute atomic E-state index is 0.0178. The Balaban J connectivity index is 1.38. The number of imidazole rings is 1. The number of likely N-dealkylation sites (N-methyl/N-ethyl adjacent to an activating group) is 1. The van der Waals surface area contributed by atoms with Gasteiger partial charge in [0.05, 0.1) is 11.0 Å². The van der Waals surface area contributed by atoms with Crippen LogP contribution in [0.2, 0.25) is 0 Å². The normalized spacial score (nSPS) is 13.6. The van der Waals surface area contributed by atoms with E-state index in [0.29, 0.717) is 6.54 Å². The first-order valence-corrected chi connectivity index (χ1v) is 10.4. The van der Waals surface area contributed by atoms with Gasteiger partial charge < -0.3 is 14.2 Å². The van der Waals surface area contributed by atoms with E-state index in [2.05, 4.69) is 22.8 Å². The zero-order chi connectivity index (χ0) is 20.4. The summed E-state index contributed by atoms with van der Waals surface area (Å²) in [4.78, 5) is 19.1. The number of rotatable bonds is 8. The van der Waals surface area contributed by atoms with Crippen molar-refractivity contribution in [1.82, 2.24) is 14.5 Å². The Hall–Kier alpha value is -2.82. The van der Waals surface area contributed by atoms with E-state index in [9.17, 15) is 4.79 Å². The predicted octanol–water partition coefficient (Wildman–Crippen LogP) is 4.14. The molecule has 5 heteroatoms. The predicted molar refractivity (Wildman–Crippen MR) is 115 cm³/mol. The molecule has 0 bridgehead atoms. The zero-order valence-corrected chi connectivity index (χ0v) is 17.5. The number of aromatic nitrogens is 2. The van der Waals surface area contributed by atoms with Crippen LogP contribution in [0.4, 0.5) is 0 Å². The third-order valence-corrected chi connectivity index (χ3v) is 5.87. The van der Waals surface area contributed by atoms with E-state index in [1.54, 1.807) is 4.90 Å². The number of aryl methyl sites for hydroxylation is 1. The van der Waals surface area contributed by atoms with Crippen LogP contribution in [0.15, 0.2) is 42.5 Å². The van der Waals surface area contributed by atoms with Crippen LogP contribution in [-0.4, -0.2) is 40.6 Å². The van der Waals surface area contributed by atoms with E-state index in [1.165, 1.54) is 18.4 Å². The highest BCUT2D eigenvalue weighted by Crippen LogP contribution is 2.32. The Bertz CT molecular complexity index is 1020. The molecule has 5 nitrogen and oxygen atoms in total. The van der Waals surface area contributed by atoms with Gasteiger partial charge in [-0.2, -0.15) is 0 Å². The minimum atomic E-state index is -0.0178. The Labute approximate surface area is 172 Å². The van der Waals surface area contributed by atoms with Gasteiger partial charge in [-0.05, 0) is 61.9 Å². The summed E-state index contributed by atoms with van der Waals surface area (Å²) in [5.41, 5.74) is 4.48. The monoisotopic (exact) mass is 391 g/mol. The van der Waals surface area contributed by atoms with Gasteiger partial charge in [0.1, 0.15) is 11.6 Å². The second kappa shape index (κ2) is 8.27. The molecule has 1 fully saturated rings. The first-order chi connectivity index (χ1) is 14.0. The van der Waals surface area contributed by atoms with Crippen molar-refractivity contribution in [3.63, 3.8) is 0 Å². The molecule has 1 aliphatic rings. The number of fused-ring (bicyclic) bond motifs is 1. The molecule has 0 N–H and O–H groups in total. The van der Waals surface area contributed by atoms with Crippen LogP contribution < -0.4 is 4.74 Å². The van der Waals surface area contributed by atoms with Crippen LogP contribution in [0.5, 0.6) is 5.75 Å². The van der Waals surface area contributed by atoms with Crippen molar-refractivity contribution in [3.05, 3.63) is 59.4 Å². The summed E-state index contributed by atoms with van der Waals surface area (Å²) in [7, 11) is 1.84. The van der Waals surface area contributed by atoms with Gasteiger partial charge in [-0.3, -0.25) is 4.79 Å². The fraction of sp³-hybridized carbons (Fsp3) is 0.417. The molecule has 0 atom stereocenters. The van der Waals surface area contributed by atoms with E-state index >= 15 is 0 Å². The molecule has 0 radical (unpaired) electrons. The van der Waals surface area contributed by atoms with Gasteiger partial charge >= 0.3 is 0 Å². The Kier molecular flexibility index (Phi) is 5.56. The van der Waals surface area contributed by atoms with E-state index < -0.39 is 0 Å². The number of benzene rings is 2. The molecule has 1 heterocycles. The number of hydrogen-bond acceptors (Lipinski definition) is 3. The van der Waals surface area contributed by atoms with Crippen molar-refractivity contribution in [1.29, 1.82) is 0 Å². The number of ether oxygens (including phenoxy) is 1. The molecule has 152 valence electrons. The van der Waals surface area contributed by atoms with Crippen molar-refractivity contribution in [3.8, 4) is 5.75 Å². The summed E-state index contributed by atoms with van der Waals surface area (Å²) in [6, 6.07) is 14.2.